The summed E-state index contributed by atoms with van der Waals surface area (Å²) in [5.41, 5.74) is 5.43. The van der Waals surface area contributed by atoms with Gasteiger partial charge in [-0.1, -0.05) is 45.0 Å². The first-order chi connectivity index (χ1) is 19.0. The number of ether oxygens (including phenoxy) is 2. The highest BCUT2D eigenvalue weighted by molar-refractivity contribution is 5.84. The van der Waals surface area contributed by atoms with Crippen molar-refractivity contribution in [3.8, 4) is 11.5 Å². The van der Waals surface area contributed by atoms with E-state index in [9.17, 15) is 0 Å². The second kappa shape index (κ2) is 12.4. The number of hydrazone groups is 1. The van der Waals surface area contributed by atoms with Gasteiger partial charge in [0, 0.05) is 37.8 Å². The van der Waals surface area contributed by atoms with Crippen LogP contribution in [0.25, 0.3) is 0 Å². The number of nitrogens with one attached hydrogen (secondary N) is 1. The maximum absolute atomic E-state index is 6.03. The Hall–Kier alpha value is -3.81. The lowest BCUT2D eigenvalue weighted by molar-refractivity contribution is 0.217. The average Bonchev–Trinajstić information content (AvgIpc) is 3.67. The van der Waals surface area contributed by atoms with Crippen LogP contribution in [-0.4, -0.2) is 55.6 Å². The molecule has 0 atom stereocenters. The third kappa shape index (κ3) is 7.19. The second-order valence-electron chi connectivity index (χ2n) is 11.2. The summed E-state index contributed by atoms with van der Waals surface area (Å²) in [6.07, 6.45) is 6.55. The molecule has 2 aliphatic rings. The number of para-hydroxylation sites is 1. The number of rotatable bonds is 10. The smallest absolute Gasteiger partial charge is 0.229 e. The lowest BCUT2D eigenvalue weighted by Crippen LogP contribution is -2.24. The lowest BCUT2D eigenvalue weighted by atomic mass is 9.87. The van der Waals surface area contributed by atoms with Gasteiger partial charge in [0.2, 0.25) is 5.95 Å². The molecule has 3 heterocycles. The molecule has 39 heavy (non-hydrogen) atoms. The average molecular weight is 529 g/mol. The third-order valence-corrected chi connectivity index (χ3v) is 7.15. The van der Waals surface area contributed by atoms with Gasteiger partial charge in [-0.2, -0.15) is 15.1 Å². The fraction of sp³-hybridized carbons (Fsp3) is 0.452. The van der Waals surface area contributed by atoms with Crippen molar-refractivity contribution in [2.45, 2.75) is 51.9 Å². The van der Waals surface area contributed by atoms with Gasteiger partial charge in [-0.15, -0.1) is 0 Å². The summed E-state index contributed by atoms with van der Waals surface area (Å²) in [7, 11) is 0. The molecule has 2 fully saturated rings. The molecule has 0 radical (unpaired) electrons. The zero-order valence-corrected chi connectivity index (χ0v) is 23.4. The van der Waals surface area contributed by atoms with E-state index in [1.165, 1.54) is 31.2 Å². The number of anilines is 3. The Morgan fingerprint density at radius 2 is 1.51 bits per heavy atom. The highest BCUT2D eigenvalue weighted by atomic mass is 16.5. The van der Waals surface area contributed by atoms with E-state index < -0.39 is 0 Å². The molecule has 0 unspecified atom stereocenters. The van der Waals surface area contributed by atoms with Crippen LogP contribution in [0.15, 0.2) is 59.7 Å². The van der Waals surface area contributed by atoms with E-state index in [0.29, 0.717) is 19.0 Å². The molecule has 2 saturated heterocycles. The maximum atomic E-state index is 6.03. The predicted octanol–water partition coefficient (Wildman–Crippen LogP) is 5.88. The van der Waals surface area contributed by atoms with E-state index in [1.54, 1.807) is 6.21 Å². The molecule has 8 nitrogen and oxygen atoms in total. The summed E-state index contributed by atoms with van der Waals surface area (Å²) in [5.74, 6) is 4.06. The number of hydrogen-bond acceptors (Lipinski definition) is 8. The van der Waals surface area contributed by atoms with Gasteiger partial charge in [0.1, 0.15) is 30.5 Å². The van der Waals surface area contributed by atoms with Crippen molar-refractivity contribution in [1.29, 1.82) is 0 Å². The molecular formula is C31H40N6O2. The van der Waals surface area contributed by atoms with Crippen LogP contribution in [0.3, 0.4) is 0 Å². The van der Waals surface area contributed by atoms with E-state index >= 15 is 0 Å². The van der Waals surface area contributed by atoms with E-state index in [1.807, 2.05) is 42.5 Å². The van der Waals surface area contributed by atoms with Gasteiger partial charge in [0.15, 0.2) is 5.82 Å². The molecule has 0 spiro atoms. The molecule has 1 aromatic heterocycles. The van der Waals surface area contributed by atoms with Crippen LogP contribution in [0.1, 0.15) is 57.6 Å². The highest BCUT2D eigenvalue weighted by Crippen LogP contribution is 2.26. The Kier molecular flexibility index (Phi) is 8.49. The number of aromatic nitrogens is 2. The molecule has 3 aromatic rings. The van der Waals surface area contributed by atoms with E-state index in [0.717, 1.165) is 55.0 Å². The first-order valence-corrected chi connectivity index (χ1v) is 14.1. The van der Waals surface area contributed by atoms with Crippen molar-refractivity contribution in [2.24, 2.45) is 5.10 Å². The molecule has 5 rings (SSSR count). The summed E-state index contributed by atoms with van der Waals surface area (Å²) in [6, 6.07) is 18.1. The van der Waals surface area contributed by atoms with Crippen molar-refractivity contribution in [2.75, 3.05) is 54.6 Å². The molecule has 206 valence electrons. The van der Waals surface area contributed by atoms with Gasteiger partial charge >= 0.3 is 0 Å². The van der Waals surface area contributed by atoms with E-state index in [4.69, 9.17) is 19.4 Å². The molecule has 0 aliphatic carbocycles. The van der Waals surface area contributed by atoms with Crippen molar-refractivity contribution in [1.82, 2.24) is 9.97 Å². The van der Waals surface area contributed by atoms with Crippen molar-refractivity contribution >= 4 is 23.8 Å². The summed E-state index contributed by atoms with van der Waals surface area (Å²) in [5, 5.41) is 4.50. The minimum absolute atomic E-state index is 0.127. The molecule has 0 bridgehead atoms. The van der Waals surface area contributed by atoms with Crippen molar-refractivity contribution < 1.29 is 9.47 Å². The quantitative estimate of drug-likeness (QED) is 0.200. The summed E-state index contributed by atoms with van der Waals surface area (Å²) >= 11 is 0. The normalized spacial score (nSPS) is 15.8. The fourth-order valence-corrected chi connectivity index (χ4v) is 4.89. The molecule has 2 aromatic carbocycles. The molecular weight excluding hydrogens is 488 g/mol. The van der Waals surface area contributed by atoms with Crippen LogP contribution in [0, 0.1) is 0 Å². The maximum Gasteiger partial charge on any atom is 0.229 e. The number of hydrogen-bond donors (Lipinski definition) is 1. The Bertz CT molecular complexity index is 1210. The molecule has 8 heteroatoms. The van der Waals surface area contributed by atoms with Crippen LogP contribution in [-0.2, 0) is 5.41 Å². The summed E-state index contributed by atoms with van der Waals surface area (Å²) in [6.45, 7) is 11.6. The zero-order chi connectivity index (χ0) is 27.1. The Morgan fingerprint density at radius 1 is 0.846 bits per heavy atom. The first-order valence-electron chi connectivity index (χ1n) is 14.1. The summed E-state index contributed by atoms with van der Waals surface area (Å²) < 4.78 is 11.9. The highest BCUT2D eigenvalue weighted by Gasteiger charge is 2.20. The fourth-order valence-electron chi connectivity index (χ4n) is 4.89. The zero-order valence-electron chi connectivity index (χ0n) is 23.4. The molecule has 0 amide bonds. The first kappa shape index (κ1) is 26.8. The topological polar surface area (TPSA) is 75.1 Å². The Morgan fingerprint density at radius 3 is 2.23 bits per heavy atom. The van der Waals surface area contributed by atoms with Gasteiger partial charge in [0.05, 0.1) is 6.21 Å². The van der Waals surface area contributed by atoms with Gasteiger partial charge in [-0.25, -0.2) is 0 Å². The lowest BCUT2D eigenvalue weighted by Gasteiger charge is -2.21. The minimum Gasteiger partial charge on any atom is -0.490 e. The Labute approximate surface area is 232 Å². The van der Waals surface area contributed by atoms with Gasteiger partial charge in [0.25, 0.3) is 0 Å². The second-order valence-corrected chi connectivity index (χ2v) is 11.2. The molecule has 1 N–H and O–H groups in total. The van der Waals surface area contributed by atoms with Crippen LogP contribution in [0.2, 0.25) is 0 Å². The van der Waals surface area contributed by atoms with Crippen molar-refractivity contribution in [3.63, 3.8) is 0 Å². The van der Waals surface area contributed by atoms with E-state index in [-0.39, 0.29) is 5.41 Å². The number of nitrogens with zero attached hydrogens (tertiary/aromatic N) is 5. The van der Waals surface area contributed by atoms with Crippen LogP contribution < -0.4 is 24.7 Å². The standard InChI is InChI=1S/C31H40N6O2/c1-31(2,3)25-12-14-26(15-13-25)38-20-21-39-27-11-5-4-10-24(27)23-32-35-28-22-29(36-16-6-7-17-36)34-30(33-28)37-18-8-9-19-37/h4-5,10-15,22-23H,6-9,16-21H2,1-3H3,(H,33,34,35). The molecule has 0 saturated carbocycles. The van der Waals surface area contributed by atoms with Gasteiger partial charge in [-0.3, -0.25) is 5.43 Å². The SMILES string of the molecule is CC(C)(C)c1ccc(OCCOc2ccccc2C=NNc2cc(N3CCCC3)nc(N3CCCC3)n2)cc1. The van der Waals surface area contributed by atoms with Crippen molar-refractivity contribution in [3.05, 3.63) is 65.7 Å². The minimum atomic E-state index is 0.127. The number of benzene rings is 2. The predicted molar refractivity (Wildman–Crippen MR) is 159 cm³/mol. The summed E-state index contributed by atoms with van der Waals surface area (Å²) in [4.78, 5) is 14.2. The van der Waals surface area contributed by atoms with Crippen LogP contribution in [0.5, 0.6) is 11.5 Å². The van der Waals surface area contributed by atoms with Gasteiger partial charge < -0.3 is 19.3 Å². The Balaban J connectivity index is 1.19. The molecule has 2 aliphatic heterocycles. The third-order valence-electron chi connectivity index (χ3n) is 7.15. The van der Waals surface area contributed by atoms with E-state index in [2.05, 4.69) is 53.2 Å². The largest absolute Gasteiger partial charge is 0.490 e. The van der Waals surface area contributed by atoms with Crippen LogP contribution >= 0.6 is 0 Å². The monoisotopic (exact) mass is 528 g/mol. The van der Waals surface area contributed by atoms with Gasteiger partial charge in [-0.05, 0) is 60.9 Å². The van der Waals surface area contributed by atoms with Crippen LogP contribution in [0.4, 0.5) is 17.6 Å².